The number of nitrogens with zero attached hydrogens (tertiary/aromatic N) is 2. The van der Waals surface area contributed by atoms with Crippen molar-refractivity contribution in [2.75, 3.05) is 18.4 Å². The van der Waals surface area contributed by atoms with Crippen molar-refractivity contribution >= 4 is 54.7 Å². The van der Waals surface area contributed by atoms with Crippen LogP contribution < -0.4 is 5.32 Å². The van der Waals surface area contributed by atoms with E-state index in [2.05, 4.69) is 10.3 Å². The van der Waals surface area contributed by atoms with E-state index in [0.29, 0.717) is 46.7 Å². The van der Waals surface area contributed by atoms with Crippen LogP contribution in [0.25, 0.3) is 22.4 Å². The van der Waals surface area contributed by atoms with E-state index in [0.717, 1.165) is 11.0 Å². The molecule has 5 rings (SSSR count). The molecule has 1 aromatic carbocycles. The molecule has 0 radical (unpaired) electrons. The topological polar surface area (TPSA) is 92.5 Å². The predicted octanol–water partition coefficient (Wildman–Crippen LogP) is 4.66. The summed E-state index contributed by atoms with van der Waals surface area (Å²) in [5.41, 5.74) is 1.47. The summed E-state index contributed by atoms with van der Waals surface area (Å²) in [6.45, 7) is 0.668. The quantitative estimate of drug-likeness (QED) is 0.455. The van der Waals surface area contributed by atoms with Crippen molar-refractivity contribution in [1.29, 1.82) is 0 Å². The molecule has 4 heterocycles. The van der Waals surface area contributed by atoms with Crippen LogP contribution in [0.1, 0.15) is 12.8 Å². The Morgan fingerprint density at radius 2 is 1.94 bits per heavy atom. The van der Waals surface area contributed by atoms with Crippen LogP contribution in [0.15, 0.2) is 61.9 Å². The number of furan rings is 1. The Bertz CT molecular complexity index is 1280. The number of carbonyl (C=O) groups is 1. The van der Waals surface area contributed by atoms with Gasteiger partial charge in [-0.2, -0.15) is 4.31 Å². The van der Waals surface area contributed by atoms with E-state index in [1.54, 1.807) is 17.5 Å². The maximum atomic E-state index is 12.7. The number of anilines is 1. The number of sulfonamides is 1. The standard InChI is InChI=1S/C21H19N3O4S3/c25-20(14-7-9-24(10-8-14)31(26,27)19-6-3-11-29-19)23-21-22-16(13-30-21)18-12-15-4-1-2-5-17(15)28-18/h1-6,11-14H,7-10H2,(H,22,23,25). The highest BCUT2D eigenvalue weighted by Crippen LogP contribution is 2.31. The number of thiazole rings is 1. The Morgan fingerprint density at radius 1 is 1.13 bits per heavy atom. The number of aromatic nitrogens is 1. The van der Waals surface area contributed by atoms with E-state index < -0.39 is 10.0 Å². The minimum atomic E-state index is -3.47. The minimum absolute atomic E-state index is 0.126. The number of carbonyl (C=O) groups excluding carboxylic acids is 1. The number of hydrogen-bond donors (Lipinski definition) is 1. The van der Waals surface area contributed by atoms with Gasteiger partial charge in [-0.15, -0.1) is 22.7 Å². The molecule has 0 atom stereocenters. The van der Waals surface area contributed by atoms with Gasteiger partial charge in [0.1, 0.15) is 15.5 Å². The Kier molecular flexibility index (Phi) is 5.39. The van der Waals surface area contributed by atoms with Crippen molar-refractivity contribution in [2.24, 2.45) is 5.92 Å². The van der Waals surface area contributed by atoms with Crippen molar-refractivity contribution in [3.05, 3.63) is 53.2 Å². The van der Waals surface area contributed by atoms with Crippen LogP contribution in [-0.2, 0) is 14.8 Å². The Hall–Kier alpha value is -2.53. The van der Waals surface area contributed by atoms with Gasteiger partial charge >= 0.3 is 0 Å². The van der Waals surface area contributed by atoms with Gasteiger partial charge in [0.2, 0.25) is 5.91 Å². The summed E-state index contributed by atoms with van der Waals surface area (Å²) in [5.74, 6) is 0.289. The normalized spacial score (nSPS) is 16.0. The summed E-state index contributed by atoms with van der Waals surface area (Å²) in [6.07, 6.45) is 0.969. The number of para-hydroxylation sites is 1. The first-order valence-electron chi connectivity index (χ1n) is 9.80. The number of thiophene rings is 1. The molecule has 1 aliphatic rings. The van der Waals surface area contributed by atoms with Crippen LogP contribution in [0.4, 0.5) is 5.13 Å². The van der Waals surface area contributed by atoms with Crippen LogP contribution in [0.3, 0.4) is 0 Å². The number of hydrogen-bond acceptors (Lipinski definition) is 7. The molecule has 160 valence electrons. The smallest absolute Gasteiger partial charge is 0.252 e. The van der Waals surface area contributed by atoms with Crippen LogP contribution in [0.5, 0.6) is 0 Å². The second kappa shape index (κ2) is 8.19. The number of rotatable bonds is 5. The molecule has 0 saturated carbocycles. The molecule has 7 nitrogen and oxygen atoms in total. The lowest BCUT2D eigenvalue weighted by molar-refractivity contribution is -0.120. The summed E-state index contributed by atoms with van der Waals surface area (Å²) in [7, 11) is -3.47. The third kappa shape index (κ3) is 4.03. The number of nitrogens with one attached hydrogen (secondary N) is 1. The molecule has 1 aliphatic heterocycles. The van der Waals surface area contributed by atoms with Gasteiger partial charge in [-0.1, -0.05) is 24.3 Å². The third-order valence-corrected chi connectivity index (χ3v) is 9.36. The van der Waals surface area contributed by atoms with Crippen molar-refractivity contribution in [1.82, 2.24) is 9.29 Å². The molecule has 1 saturated heterocycles. The van der Waals surface area contributed by atoms with Gasteiger partial charge < -0.3 is 9.73 Å². The molecule has 0 unspecified atom stereocenters. The zero-order chi connectivity index (χ0) is 21.4. The molecule has 1 N–H and O–H groups in total. The second-order valence-electron chi connectivity index (χ2n) is 7.29. The lowest BCUT2D eigenvalue weighted by atomic mass is 9.97. The molecule has 1 amide bonds. The zero-order valence-electron chi connectivity index (χ0n) is 16.4. The van der Waals surface area contributed by atoms with Crippen LogP contribution >= 0.6 is 22.7 Å². The minimum Gasteiger partial charge on any atom is -0.454 e. The van der Waals surface area contributed by atoms with Crippen LogP contribution in [0.2, 0.25) is 0 Å². The summed E-state index contributed by atoms with van der Waals surface area (Å²) < 4.78 is 32.9. The molecule has 0 bridgehead atoms. The Morgan fingerprint density at radius 3 is 2.68 bits per heavy atom. The van der Waals surface area contributed by atoms with Crippen molar-refractivity contribution in [2.45, 2.75) is 17.1 Å². The maximum Gasteiger partial charge on any atom is 0.252 e. The average Bonchev–Trinajstić information content (AvgIpc) is 3.53. The molecule has 0 spiro atoms. The number of fused-ring (bicyclic) bond motifs is 1. The fourth-order valence-electron chi connectivity index (χ4n) is 3.66. The predicted molar refractivity (Wildman–Crippen MR) is 122 cm³/mol. The molecular weight excluding hydrogens is 454 g/mol. The van der Waals surface area contributed by atoms with E-state index >= 15 is 0 Å². The molecule has 4 aromatic rings. The van der Waals surface area contributed by atoms with Gasteiger partial charge in [0.05, 0.1) is 0 Å². The fourth-order valence-corrected chi connectivity index (χ4v) is 6.97. The van der Waals surface area contributed by atoms with Gasteiger partial charge in [-0.25, -0.2) is 13.4 Å². The average molecular weight is 474 g/mol. The molecule has 1 fully saturated rings. The van der Waals surface area contributed by atoms with E-state index in [9.17, 15) is 13.2 Å². The van der Waals surface area contributed by atoms with Gasteiger partial charge in [0.25, 0.3) is 10.0 Å². The van der Waals surface area contributed by atoms with Crippen molar-refractivity contribution in [3.8, 4) is 11.5 Å². The number of amides is 1. The molecule has 0 aliphatic carbocycles. The molecule has 10 heteroatoms. The number of benzene rings is 1. The monoisotopic (exact) mass is 473 g/mol. The lowest BCUT2D eigenvalue weighted by Crippen LogP contribution is -2.41. The molecular formula is C21H19N3O4S3. The third-order valence-electron chi connectivity index (χ3n) is 5.33. The summed E-state index contributed by atoms with van der Waals surface area (Å²) in [4.78, 5) is 17.2. The van der Waals surface area contributed by atoms with E-state index in [1.807, 2.05) is 35.7 Å². The molecule has 3 aromatic heterocycles. The van der Waals surface area contributed by atoms with Gasteiger partial charge in [-0.3, -0.25) is 4.79 Å². The van der Waals surface area contributed by atoms with E-state index in [1.165, 1.54) is 27.0 Å². The van der Waals surface area contributed by atoms with Gasteiger partial charge in [-0.05, 0) is 36.4 Å². The van der Waals surface area contributed by atoms with E-state index in [4.69, 9.17) is 4.42 Å². The fraction of sp³-hybridized carbons (Fsp3) is 0.238. The first kappa shape index (κ1) is 20.4. The first-order valence-corrected chi connectivity index (χ1v) is 13.0. The zero-order valence-corrected chi connectivity index (χ0v) is 18.8. The SMILES string of the molecule is O=C(Nc1nc(-c2cc3ccccc3o2)cs1)C1CCN(S(=O)(=O)c2cccs2)CC1. The maximum absolute atomic E-state index is 12.7. The summed E-state index contributed by atoms with van der Waals surface area (Å²) in [5, 5.41) is 7.99. The van der Waals surface area contributed by atoms with Gasteiger partial charge in [0.15, 0.2) is 10.9 Å². The second-order valence-corrected chi connectivity index (χ2v) is 11.3. The first-order chi connectivity index (χ1) is 15.0. The highest BCUT2D eigenvalue weighted by molar-refractivity contribution is 7.91. The van der Waals surface area contributed by atoms with Crippen LogP contribution in [0, 0.1) is 5.92 Å². The highest BCUT2D eigenvalue weighted by Gasteiger charge is 2.32. The molecule has 31 heavy (non-hydrogen) atoms. The largest absolute Gasteiger partial charge is 0.454 e. The Balaban J connectivity index is 1.22. The number of piperidine rings is 1. The van der Waals surface area contributed by atoms with Crippen molar-refractivity contribution in [3.63, 3.8) is 0 Å². The lowest BCUT2D eigenvalue weighted by Gasteiger charge is -2.29. The Labute approximate surface area is 187 Å². The summed E-state index contributed by atoms with van der Waals surface area (Å²) >= 11 is 2.55. The van der Waals surface area contributed by atoms with Gasteiger partial charge in [0, 0.05) is 29.8 Å². The van der Waals surface area contributed by atoms with Crippen molar-refractivity contribution < 1.29 is 17.6 Å². The van der Waals surface area contributed by atoms with Crippen LogP contribution in [-0.4, -0.2) is 36.7 Å². The highest BCUT2D eigenvalue weighted by atomic mass is 32.2. The summed E-state index contributed by atoms with van der Waals surface area (Å²) in [6, 6.07) is 13.0. The van der Waals surface area contributed by atoms with E-state index in [-0.39, 0.29) is 11.8 Å².